The summed E-state index contributed by atoms with van der Waals surface area (Å²) < 4.78 is 1.90. The molecular formula is C21H29N5O2S. The van der Waals surface area contributed by atoms with Crippen LogP contribution in [0.25, 0.3) is 0 Å². The molecule has 0 spiro atoms. The van der Waals surface area contributed by atoms with Gasteiger partial charge < -0.3 is 15.2 Å². The van der Waals surface area contributed by atoms with E-state index in [2.05, 4.69) is 20.8 Å². The standard InChI is InChI=1S/C21H29N5O2S/c1-4-26-18(13-19(27)22-17-11-9-14(2)10-12-17)24-25-21(26)29-15(3)20(28)23-16-7-5-6-8-16/h9-12,15-16H,4-8,13H2,1-3H3,(H,22,27)(H,23,28)/t15-/m0/s1. The van der Waals surface area contributed by atoms with E-state index in [1.54, 1.807) is 0 Å². The average molecular weight is 416 g/mol. The zero-order valence-electron chi connectivity index (χ0n) is 17.3. The van der Waals surface area contributed by atoms with Crippen molar-refractivity contribution in [1.29, 1.82) is 0 Å². The monoisotopic (exact) mass is 415 g/mol. The lowest BCUT2D eigenvalue weighted by Crippen LogP contribution is -2.37. The van der Waals surface area contributed by atoms with Gasteiger partial charge in [0.25, 0.3) is 0 Å². The molecule has 2 N–H and O–H groups in total. The molecule has 1 aromatic heterocycles. The lowest BCUT2D eigenvalue weighted by molar-refractivity contribution is -0.121. The Morgan fingerprint density at radius 2 is 1.90 bits per heavy atom. The van der Waals surface area contributed by atoms with Gasteiger partial charge in [0.05, 0.1) is 11.7 Å². The van der Waals surface area contributed by atoms with Crippen LogP contribution in [0.4, 0.5) is 5.69 Å². The predicted octanol–water partition coefficient (Wildman–Crippen LogP) is 3.33. The van der Waals surface area contributed by atoms with Gasteiger partial charge in [-0.3, -0.25) is 9.59 Å². The number of anilines is 1. The van der Waals surface area contributed by atoms with Crippen LogP contribution in [-0.4, -0.2) is 37.9 Å². The van der Waals surface area contributed by atoms with Gasteiger partial charge >= 0.3 is 0 Å². The second-order valence-corrected chi connectivity index (χ2v) is 8.79. The summed E-state index contributed by atoms with van der Waals surface area (Å²) in [5.74, 6) is 0.494. The molecule has 0 bridgehead atoms. The zero-order chi connectivity index (χ0) is 20.8. The van der Waals surface area contributed by atoms with Crippen LogP contribution >= 0.6 is 11.8 Å². The third-order valence-corrected chi connectivity index (χ3v) is 6.20. The van der Waals surface area contributed by atoms with Gasteiger partial charge in [-0.15, -0.1) is 10.2 Å². The molecule has 1 saturated carbocycles. The fourth-order valence-electron chi connectivity index (χ4n) is 3.44. The summed E-state index contributed by atoms with van der Waals surface area (Å²) in [5.41, 5.74) is 1.90. The van der Waals surface area contributed by atoms with E-state index < -0.39 is 0 Å². The number of carbonyl (C=O) groups excluding carboxylic acids is 2. The van der Waals surface area contributed by atoms with Crippen LogP contribution in [0, 0.1) is 6.92 Å². The Morgan fingerprint density at radius 3 is 2.55 bits per heavy atom. The first-order chi connectivity index (χ1) is 14.0. The maximum atomic E-state index is 12.5. The second kappa shape index (κ2) is 9.91. The summed E-state index contributed by atoms with van der Waals surface area (Å²) in [6, 6.07) is 7.97. The SMILES string of the molecule is CCn1c(CC(=O)Nc2ccc(C)cc2)nnc1S[C@@H](C)C(=O)NC1CCCC1. The predicted molar refractivity (Wildman–Crippen MR) is 115 cm³/mol. The molecule has 2 amide bonds. The van der Waals surface area contributed by atoms with E-state index in [0.717, 1.165) is 24.1 Å². The van der Waals surface area contributed by atoms with Crippen molar-refractivity contribution in [2.45, 2.75) is 75.9 Å². The molecule has 7 nitrogen and oxygen atoms in total. The number of aromatic nitrogens is 3. The minimum Gasteiger partial charge on any atom is -0.352 e. The molecule has 156 valence electrons. The van der Waals surface area contributed by atoms with Gasteiger partial charge in [-0.05, 0) is 45.7 Å². The molecule has 0 radical (unpaired) electrons. The summed E-state index contributed by atoms with van der Waals surface area (Å²) in [6.07, 6.45) is 4.64. The molecule has 0 saturated heterocycles. The molecule has 1 atom stereocenters. The molecule has 3 rings (SSSR count). The van der Waals surface area contributed by atoms with Crippen LogP contribution in [-0.2, 0) is 22.6 Å². The molecule has 8 heteroatoms. The van der Waals surface area contributed by atoms with E-state index in [4.69, 9.17) is 0 Å². The van der Waals surface area contributed by atoms with Crippen LogP contribution in [0.5, 0.6) is 0 Å². The number of amides is 2. The number of nitrogens with zero attached hydrogens (tertiary/aromatic N) is 3. The molecule has 2 aromatic rings. The van der Waals surface area contributed by atoms with Gasteiger partial charge in [0.1, 0.15) is 5.82 Å². The summed E-state index contributed by atoms with van der Waals surface area (Å²) in [4.78, 5) is 24.9. The first-order valence-corrected chi connectivity index (χ1v) is 11.1. The minimum atomic E-state index is -0.265. The molecule has 1 heterocycles. The van der Waals surface area contributed by atoms with Crippen LogP contribution in [0.2, 0.25) is 0 Å². The topological polar surface area (TPSA) is 88.9 Å². The molecule has 0 aliphatic heterocycles. The van der Waals surface area contributed by atoms with Crippen LogP contribution in [0.3, 0.4) is 0 Å². The van der Waals surface area contributed by atoms with Crippen LogP contribution in [0.15, 0.2) is 29.4 Å². The Bertz CT molecular complexity index is 843. The number of rotatable bonds is 8. The Morgan fingerprint density at radius 1 is 1.21 bits per heavy atom. The number of thioether (sulfide) groups is 1. The molecule has 1 aliphatic carbocycles. The second-order valence-electron chi connectivity index (χ2n) is 7.48. The Kier molecular flexibility index (Phi) is 7.30. The number of carbonyl (C=O) groups is 2. The van der Waals surface area contributed by atoms with E-state index in [1.807, 2.05) is 49.6 Å². The van der Waals surface area contributed by atoms with Gasteiger partial charge in [0.2, 0.25) is 11.8 Å². The maximum Gasteiger partial charge on any atom is 0.233 e. The van der Waals surface area contributed by atoms with E-state index in [-0.39, 0.29) is 23.5 Å². The third-order valence-electron chi connectivity index (χ3n) is 5.12. The highest BCUT2D eigenvalue weighted by atomic mass is 32.2. The maximum absolute atomic E-state index is 12.5. The lowest BCUT2D eigenvalue weighted by atomic mass is 10.2. The molecular weight excluding hydrogens is 386 g/mol. The van der Waals surface area contributed by atoms with E-state index >= 15 is 0 Å². The van der Waals surface area contributed by atoms with Crippen molar-refractivity contribution in [3.05, 3.63) is 35.7 Å². The lowest BCUT2D eigenvalue weighted by Gasteiger charge is -2.16. The number of hydrogen-bond acceptors (Lipinski definition) is 5. The Balaban J connectivity index is 1.59. The third kappa shape index (κ3) is 5.82. The fraction of sp³-hybridized carbons (Fsp3) is 0.524. The highest BCUT2D eigenvalue weighted by Gasteiger charge is 2.24. The molecule has 1 fully saturated rings. The molecule has 0 unspecified atom stereocenters. The number of aryl methyl sites for hydroxylation is 1. The van der Waals surface area contributed by atoms with Gasteiger partial charge in [0.15, 0.2) is 5.16 Å². The van der Waals surface area contributed by atoms with Crippen LogP contribution < -0.4 is 10.6 Å². The summed E-state index contributed by atoms with van der Waals surface area (Å²) >= 11 is 1.39. The van der Waals surface area contributed by atoms with Crippen molar-refractivity contribution in [2.75, 3.05) is 5.32 Å². The van der Waals surface area contributed by atoms with E-state index in [0.29, 0.717) is 23.6 Å². The quantitative estimate of drug-likeness (QED) is 0.646. The summed E-state index contributed by atoms with van der Waals surface area (Å²) in [6.45, 7) is 6.51. The summed E-state index contributed by atoms with van der Waals surface area (Å²) in [7, 11) is 0. The Labute approximate surface area is 176 Å². The number of nitrogens with one attached hydrogen (secondary N) is 2. The van der Waals surface area contributed by atoms with Gasteiger partial charge in [-0.1, -0.05) is 42.3 Å². The minimum absolute atomic E-state index is 0.0335. The van der Waals surface area contributed by atoms with Gasteiger partial charge in [0, 0.05) is 18.3 Å². The smallest absolute Gasteiger partial charge is 0.233 e. The summed E-state index contributed by atoms with van der Waals surface area (Å²) in [5, 5.41) is 14.8. The van der Waals surface area contributed by atoms with Crippen molar-refractivity contribution in [3.63, 3.8) is 0 Å². The van der Waals surface area contributed by atoms with Crippen molar-refractivity contribution < 1.29 is 9.59 Å². The van der Waals surface area contributed by atoms with Gasteiger partial charge in [-0.25, -0.2) is 0 Å². The number of hydrogen-bond donors (Lipinski definition) is 2. The van der Waals surface area contributed by atoms with E-state index in [9.17, 15) is 9.59 Å². The van der Waals surface area contributed by atoms with E-state index in [1.165, 1.54) is 24.6 Å². The largest absolute Gasteiger partial charge is 0.352 e. The molecule has 1 aliphatic rings. The highest BCUT2D eigenvalue weighted by molar-refractivity contribution is 8.00. The Hall–Kier alpha value is -2.35. The first-order valence-electron chi connectivity index (χ1n) is 10.2. The molecule has 29 heavy (non-hydrogen) atoms. The molecule has 1 aromatic carbocycles. The van der Waals surface area contributed by atoms with Crippen LogP contribution in [0.1, 0.15) is 50.9 Å². The normalized spacial score (nSPS) is 15.3. The van der Waals surface area contributed by atoms with Crippen molar-refractivity contribution in [3.8, 4) is 0 Å². The number of benzene rings is 1. The highest BCUT2D eigenvalue weighted by Crippen LogP contribution is 2.24. The van der Waals surface area contributed by atoms with Crippen molar-refractivity contribution >= 4 is 29.3 Å². The fourth-order valence-corrected chi connectivity index (χ4v) is 4.38. The first kappa shape index (κ1) is 21.4. The van der Waals surface area contributed by atoms with Gasteiger partial charge in [-0.2, -0.15) is 0 Å². The zero-order valence-corrected chi connectivity index (χ0v) is 18.1. The average Bonchev–Trinajstić information content (AvgIpc) is 3.33. The van der Waals surface area contributed by atoms with Crippen molar-refractivity contribution in [2.24, 2.45) is 0 Å². The van der Waals surface area contributed by atoms with Crippen molar-refractivity contribution in [1.82, 2.24) is 20.1 Å².